The molecule has 5 aromatic rings. The predicted molar refractivity (Wildman–Crippen MR) is 189 cm³/mol. The van der Waals surface area contributed by atoms with E-state index < -0.39 is 5.91 Å². The molecular formula is C36H33N9O3S. The lowest BCUT2D eigenvalue weighted by molar-refractivity contribution is -0.117. The van der Waals surface area contributed by atoms with Gasteiger partial charge in [-0.15, -0.1) is 6.42 Å². The topological polar surface area (TPSA) is 147 Å². The van der Waals surface area contributed by atoms with E-state index in [-0.39, 0.29) is 18.2 Å². The van der Waals surface area contributed by atoms with E-state index in [4.69, 9.17) is 26.6 Å². The average molecular weight is 672 g/mol. The largest absolute Gasteiger partial charge is 0.454 e. The summed E-state index contributed by atoms with van der Waals surface area (Å²) >= 11 is 1.36. The van der Waals surface area contributed by atoms with Gasteiger partial charge < -0.3 is 34.9 Å². The number of rotatable bonds is 9. The SMILES string of the molecule is C#Cc1cc2c(cc1Sc1nc3c(N)ncnc3n1CCCNC(=O)/C(C#N)=C/c1ccc3cc(N4CCN(C)CC4)ccc3c1)OCO2. The van der Waals surface area contributed by atoms with Crippen LogP contribution in [0.15, 0.2) is 70.5 Å². The summed E-state index contributed by atoms with van der Waals surface area (Å²) in [6.45, 7) is 4.99. The van der Waals surface area contributed by atoms with Crippen LogP contribution in [0.4, 0.5) is 11.5 Å². The molecule has 3 aromatic carbocycles. The summed E-state index contributed by atoms with van der Waals surface area (Å²) < 4.78 is 12.9. The lowest BCUT2D eigenvalue weighted by Gasteiger charge is -2.34. The van der Waals surface area contributed by atoms with E-state index >= 15 is 0 Å². The number of anilines is 2. The Hall–Kier alpha value is -5.76. The minimum Gasteiger partial charge on any atom is -0.454 e. The number of nitrogens with two attached hydrogens (primary N) is 1. The first-order valence-corrected chi connectivity index (χ1v) is 16.6. The van der Waals surface area contributed by atoms with Crippen molar-refractivity contribution >= 4 is 57.2 Å². The molecule has 1 amide bonds. The van der Waals surface area contributed by atoms with Gasteiger partial charge in [0.05, 0.1) is 0 Å². The van der Waals surface area contributed by atoms with E-state index in [1.165, 1.54) is 23.8 Å². The van der Waals surface area contributed by atoms with Crippen LogP contribution in [-0.2, 0) is 11.3 Å². The van der Waals surface area contributed by atoms with Crippen LogP contribution < -0.4 is 25.4 Å². The molecule has 1 saturated heterocycles. The van der Waals surface area contributed by atoms with Crippen LogP contribution in [0.25, 0.3) is 28.0 Å². The molecule has 0 bridgehead atoms. The summed E-state index contributed by atoms with van der Waals surface area (Å²) in [6.07, 6.45) is 9.35. The minimum absolute atomic E-state index is 0.0304. The number of carbonyl (C=O) groups is 1. The first kappa shape index (κ1) is 31.8. The molecule has 2 aliphatic rings. The number of piperazine rings is 1. The number of fused-ring (bicyclic) bond motifs is 3. The number of benzene rings is 3. The maximum absolute atomic E-state index is 13.1. The molecule has 0 radical (unpaired) electrons. The molecule has 2 aromatic heterocycles. The summed E-state index contributed by atoms with van der Waals surface area (Å²) in [7, 11) is 2.15. The molecule has 0 atom stereocenters. The van der Waals surface area contributed by atoms with Crippen molar-refractivity contribution in [3.05, 3.63) is 71.6 Å². The Kier molecular flexibility index (Phi) is 8.94. The zero-order valence-electron chi connectivity index (χ0n) is 26.8. The van der Waals surface area contributed by atoms with Crippen molar-refractivity contribution in [3.8, 4) is 29.9 Å². The highest BCUT2D eigenvalue weighted by atomic mass is 32.2. The first-order valence-electron chi connectivity index (χ1n) is 15.8. The zero-order chi connectivity index (χ0) is 33.9. The Bertz CT molecular complexity index is 2190. The van der Waals surface area contributed by atoms with E-state index in [0.717, 1.165) is 47.4 Å². The first-order chi connectivity index (χ1) is 23.9. The Morgan fingerprint density at radius 2 is 1.86 bits per heavy atom. The molecule has 7 rings (SSSR count). The fraction of sp³-hybridized carbons (Fsp3) is 0.250. The summed E-state index contributed by atoms with van der Waals surface area (Å²) in [4.78, 5) is 31.8. The van der Waals surface area contributed by atoms with Gasteiger partial charge in [0.15, 0.2) is 33.6 Å². The van der Waals surface area contributed by atoms with Gasteiger partial charge in [0.2, 0.25) is 6.79 Å². The molecule has 2 aliphatic heterocycles. The number of hydrogen-bond donors (Lipinski definition) is 2. The number of nitriles is 1. The number of aromatic nitrogens is 4. The Morgan fingerprint density at radius 1 is 1.08 bits per heavy atom. The fourth-order valence-corrected chi connectivity index (χ4v) is 6.90. The Labute approximate surface area is 287 Å². The molecule has 49 heavy (non-hydrogen) atoms. The number of likely N-dealkylation sites (N-methyl/N-ethyl adjacent to an activating group) is 1. The standard InChI is InChI=1S/C36H33N9O3S/c1-3-24-18-29-30(48-22-47-29)19-31(24)49-36-42-32-33(38)40-21-41-34(32)45(36)10-4-9-39-35(46)27(20-37)16-23-5-6-26-17-28(8-7-25(26)15-23)44-13-11-43(2)12-14-44/h1,5-8,15-19,21H,4,9-14,22H2,2H3,(H,39,46)(H2,38,40,41)/b27-16+. The van der Waals surface area contributed by atoms with Crippen LogP contribution in [0.1, 0.15) is 17.5 Å². The number of amides is 1. The normalized spacial score (nSPS) is 14.6. The molecule has 0 spiro atoms. The van der Waals surface area contributed by atoms with Crippen LogP contribution in [0, 0.1) is 23.7 Å². The van der Waals surface area contributed by atoms with Gasteiger partial charge in [0.1, 0.15) is 18.0 Å². The third-order valence-electron chi connectivity index (χ3n) is 8.59. The van der Waals surface area contributed by atoms with Crippen LogP contribution in [0.5, 0.6) is 11.5 Å². The number of carbonyl (C=O) groups excluding carboxylic acids is 1. The highest BCUT2D eigenvalue weighted by Gasteiger charge is 2.21. The molecule has 12 nitrogen and oxygen atoms in total. The van der Waals surface area contributed by atoms with E-state index in [1.54, 1.807) is 12.1 Å². The number of terminal acetylenes is 1. The van der Waals surface area contributed by atoms with Gasteiger partial charge in [-0.2, -0.15) is 5.26 Å². The lowest BCUT2D eigenvalue weighted by Crippen LogP contribution is -2.44. The van der Waals surface area contributed by atoms with E-state index in [9.17, 15) is 10.1 Å². The molecule has 1 fully saturated rings. The highest BCUT2D eigenvalue weighted by Crippen LogP contribution is 2.41. The van der Waals surface area contributed by atoms with Crippen LogP contribution >= 0.6 is 11.8 Å². The highest BCUT2D eigenvalue weighted by molar-refractivity contribution is 7.99. The van der Waals surface area contributed by atoms with Crippen molar-refractivity contribution < 1.29 is 14.3 Å². The third kappa shape index (κ3) is 6.67. The van der Waals surface area contributed by atoms with Gasteiger partial charge >= 0.3 is 0 Å². The Morgan fingerprint density at radius 3 is 2.65 bits per heavy atom. The summed E-state index contributed by atoms with van der Waals surface area (Å²) in [5.74, 6) is 3.72. The van der Waals surface area contributed by atoms with Crippen molar-refractivity contribution in [1.82, 2.24) is 29.7 Å². The van der Waals surface area contributed by atoms with Gasteiger partial charge in [-0.25, -0.2) is 15.0 Å². The van der Waals surface area contributed by atoms with Crippen molar-refractivity contribution in [2.24, 2.45) is 0 Å². The minimum atomic E-state index is -0.441. The maximum atomic E-state index is 13.1. The molecule has 3 N–H and O–H groups in total. The van der Waals surface area contributed by atoms with Gasteiger partial charge in [0.25, 0.3) is 5.91 Å². The van der Waals surface area contributed by atoms with Crippen molar-refractivity contribution in [3.63, 3.8) is 0 Å². The van der Waals surface area contributed by atoms with Gasteiger partial charge in [-0.1, -0.05) is 35.9 Å². The third-order valence-corrected chi connectivity index (χ3v) is 9.65. The van der Waals surface area contributed by atoms with Crippen molar-refractivity contribution in [2.45, 2.75) is 23.0 Å². The monoisotopic (exact) mass is 671 g/mol. The second kappa shape index (κ2) is 13.8. The van der Waals surface area contributed by atoms with Crippen LogP contribution in [0.2, 0.25) is 0 Å². The number of aryl methyl sites for hydroxylation is 1. The number of hydrogen-bond acceptors (Lipinski definition) is 11. The fourth-order valence-electron chi connectivity index (χ4n) is 5.88. The number of imidazole rings is 1. The van der Waals surface area contributed by atoms with Crippen LogP contribution in [0.3, 0.4) is 0 Å². The smallest absolute Gasteiger partial charge is 0.261 e. The summed E-state index contributed by atoms with van der Waals surface area (Å²) in [6, 6.07) is 18.0. The van der Waals surface area contributed by atoms with Crippen molar-refractivity contribution in [1.29, 1.82) is 5.26 Å². The van der Waals surface area contributed by atoms with Gasteiger partial charge in [0, 0.05) is 61.5 Å². The summed E-state index contributed by atoms with van der Waals surface area (Å²) in [5, 5.41) is 15.5. The molecule has 13 heteroatoms. The second-order valence-corrected chi connectivity index (χ2v) is 12.8. The number of nitrogens with one attached hydrogen (secondary N) is 1. The summed E-state index contributed by atoms with van der Waals surface area (Å²) in [5.41, 5.74) is 9.83. The predicted octanol–water partition coefficient (Wildman–Crippen LogP) is 4.29. The maximum Gasteiger partial charge on any atom is 0.261 e. The average Bonchev–Trinajstić information content (AvgIpc) is 3.73. The van der Waals surface area contributed by atoms with E-state index in [0.29, 0.717) is 52.9 Å². The number of nitrogens with zero attached hydrogens (tertiary/aromatic N) is 7. The van der Waals surface area contributed by atoms with E-state index in [1.807, 2.05) is 28.8 Å². The molecule has 4 heterocycles. The van der Waals surface area contributed by atoms with Gasteiger partial charge in [-0.3, -0.25) is 4.79 Å². The number of nitrogen functional groups attached to an aromatic ring is 1. The second-order valence-electron chi connectivity index (χ2n) is 11.8. The van der Waals surface area contributed by atoms with Crippen molar-refractivity contribution in [2.75, 3.05) is 57.2 Å². The molecule has 0 saturated carbocycles. The lowest BCUT2D eigenvalue weighted by atomic mass is 10.0. The van der Waals surface area contributed by atoms with Gasteiger partial charge in [-0.05, 0) is 60.1 Å². The molecular weight excluding hydrogens is 639 g/mol. The molecule has 0 aliphatic carbocycles. The molecule has 246 valence electrons. The number of ether oxygens (including phenoxy) is 2. The van der Waals surface area contributed by atoms with Crippen LogP contribution in [-0.4, -0.2) is 76.9 Å². The Balaban J connectivity index is 1.02. The zero-order valence-corrected chi connectivity index (χ0v) is 27.7. The molecule has 0 unspecified atom stereocenters. The van der Waals surface area contributed by atoms with E-state index in [2.05, 4.69) is 62.3 Å². The quantitative estimate of drug-likeness (QED) is 0.100.